The van der Waals surface area contributed by atoms with Crippen LogP contribution in [0.25, 0.3) is 0 Å². The molecule has 0 spiro atoms. The van der Waals surface area contributed by atoms with Gasteiger partial charge in [0.15, 0.2) is 0 Å². The topological polar surface area (TPSA) is 59.4 Å². The van der Waals surface area contributed by atoms with Gasteiger partial charge in [-0.05, 0) is 37.8 Å². The molecule has 2 aromatic rings. The number of ether oxygens (including phenoxy) is 1. The maximum absolute atomic E-state index is 12.9. The molecule has 134 valence electrons. The lowest BCUT2D eigenvalue weighted by atomic mass is 10.1. The van der Waals surface area contributed by atoms with Crippen LogP contribution in [-0.2, 0) is 18.3 Å². The average molecular weight is 342 g/mol. The molecule has 1 aliphatic rings. The Bertz CT molecular complexity index is 735. The molecule has 25 heavy (non-hydrogen) atoms. The van der Waals surface area contributed by atoms with Gasteiger partial charge in [0.2, 0.25) is 0 Å². The molecule has 6 nitrogen and oxygen atoms in total. The Balaban J connectivity index is 1.75. The van der Waals surface area contributed by atoms with Crippen LogP contribution in [0.3, 0.4) is 0 Å². The molecule has 1 N–H and O–H groups in total. The van der Waals surface area contributed by atoms with E-state index in [9.17, 15) is 4.79 Å². The van der Waals surface area contributed by atoms with E-state index in [1.807, 2.05) is 31.0 Å². The van der Waals surface area contributed by atoms with E-state index in [2.05, 4.69) is 29.5 Å². The predicted molar refractivity (Wildman–Crippen MR) is 97.5 cm³/mol. The smallest absolute Gasteiger partial charge is 0.322 e. The summed E-state index contributed by atoms with van der Waals surface area (Å²) < 4.78 is 7.49. The Hall–Kier alpha value is -2.34. The number of amides is 2. The summed E-state index contributed by atoms with van der Waals surface area (Å²) in [5.41, 5.74) is 4.01. The van der Waals surface area contributed by atoms with Gasteiger partial charge in [-0.2, -0.15) is 5.10 Å². The Morgan fingerprint density at radius 1 is 1.40 bits per heavy atom. The largest absolute Gasteiger partial charge is 0.376 e. The number of carbonyl (C=O) groups excluding carboxylic acids is 1. The van der Waals surface area contributed by atoms with E-state index in [0.717, 1.165) is 36.4 Å². The fraction of sp³-hybridized carbons (Fsp3) is 0.474. The Morgan fingerprint density at radius 3 is 2.84 bits per heavy atom. The van der Waals surface area contributed by atoms with Gasteiger partial charge in [-0.1, -0.05) is 24.3 Å². The first-order valence-electron chi connectivity index (χ1n) is 8.75. The van der Waals surface area contributed by atoms with Gasteiger partial charge in [-0.3, -0.25) is 4.68 Å². The number of rotatable bonds is 5. The molecule has 0 aliphatic carbocycles. The fourth-order valence-corrected chi connectivity index (χ4v) is 3.06. The van der Waals surface area contributed by atoms with Crippen LogP contribution in [-0.4, -0.2) is 40.0 Å². The standard InChI is InChI=1S/C19H26N4O2/c1-14-7-4-5-8-16(14)12-23(13-17-9-6-10-25-17)19(24)21-18-11-20-22(3)15(18)2/h4-5,7-8,11,17H,6,9-10,12-13H2,1-3H3,(H,21,24). The van der Waals surface area contributed by atoms with Crippen LogP contribution in [0.1, 0.15) is 29.7 Å². The van der Waals surface area contributed by atoms with Crippen LogP contribution in [0.4, 0.5) is 10.5 Å². The number of aryl methyl sites for hydroxylation is 2. The van der Waals surface area contributed by atoms with E-state index in [0.29, 0.717) is 13.1 Å². The van der Waals surface area contributed by atoms with Crippen LogP contribution in [0.15, 0.2) is 30.5 Å². The van der Waals surface area contributed by atoms with Crippen molar-refractivity contribution in [3.8, 4) is 0 Å². The van der Waals surface area contributed by atoms with Crippen molar-refractivity contribution in [1.82, 2.24) is 14.7 Å². The normalized spacial score (nSPS) is 16.8. The molecule has 1 aromatic heterocycles. The number of nitrogens with zero attached hydrogens (tertiary/aromatic N) is 3. The molecule has 6 heteroatoms. The first-order chi connectivity index (χ1) is 12.0. The number of nitrogens with one attached hydrogen (secondary N) is 1. The zero-order valence-corrected chi connectivity index (χ0v) is 15.2. The molecule has 0 saturated carbocycles. The number of aromatic nitrogens is 2. The number of anilines is 1. The van der Waals surface area contributed by atoms with E-state index in [4.69, 9.17) is 4.74 Å². The van der Waals surface area contributed by atoms with Crippen molar-refractivity contribution in [1.29, 1.82) is 0 Å². The van der Waals surface area contributed by atoms with Crippen molar-refractivity contribution in [3.63, 3.8) is 0 Å². The number of hydrogen-bond acceptors (Lipinski definition) is 3. The van der Waals surface area contributed by atoms with E-state index < -0.39 is 0 Å². The summed E-state index contributed by atoms with van der Waals surface area (Å²) in [6.45, 7) is 5.96. The highest BCUT2D eigenvalue weighted by atomic mass is 16.5. The second-order valence-corrected chi connectivity index (χ2v) is 6.64. The van der Waals surface area contributed by atoms with Crippen LogP contribution in [0.5, 0.6) is 0 Å². The first kappa shape index (κ1) is 17.5. The highest BCUT2D eigenvalue weighted by Gasteiger charge is 2.24. The molecule has 1 unspecified atom stereocenters. The Labute approximate surface area is 148 Å². The van der Waals surface area contributed by atoms with Crippen molar-refractivity contribution < 1.29 is 9.53 Å². The third-order valence-electron chi connectivity index (χ3n) is 4.83. The van der Waals surface area contributed by atoms with Crippen molar-refractivity contribution in [2.45, 2.75) is 39.3 Å². The quantitative estimate of drug-likeness (QED) is 0.907. The molecule has 0 bridgehead atoms. The Kier molecular flexibility index (Phi) is 5.38. The molecule has 3 rings (SSSR count). The van der Waals surface area contributed by atoms with Gasteiger partial charge in [0.05, 0.1) is 23.7 Å². The van der Waals surface area contributed by atoms with E-state index >= 15 is 0 Å². The van der Waals surface area contributed by atoms with Gasteiger partial charge in [-0.15, -0.1) is 0 Å². The highest BCUT2D eigenvalue weighted by Crippen LogP contribution is 2.19. The molecule has 1 fully saturated rings. The molecule has 1 saturated heterocycles. The summed E-state index contributed by atoms with van der Waals surface area (Å²) in [4.78, 5) is 14.7. The van der Waals surface area contributed by atoms with Crippen molar-refractivity contribution in [3.05, 3.63) is 47.3 Å². The summed E-state index contributed by atoms with van der Waals surface area (Å²) >= 11 is 0. The molecular formula is C19H26N4O2. The van der Waals surface area contributed by atoms with E-state index in [1.54, 1.807) is 10.9 Å². The predicted octanol–water partition coefficient (Wildman–Crippen LogP) is 3.25. The van der Waals surface area contributed by atoms with Crippen molar-refractivity contribution >= 4 is 11.7 Å². The molecule has 2 amide bonds. The minimum absolute atomic E-state index is 0.116. The van der Waals surface area contributed by atoms with Gasteiger partial charge < -0.3 is 15.0 Å². The second-order valence-electron chi connectivity index (χ2n) is 6.64. The lowest BCUT2D eigenvalue weighted by Gasteiger charge is -2.26. The van der Waals surface area contributed by atoms with Crippen LogP contribution in [0.2, 0.25) is 0 Å². The zero-order valence-electron chi connectivity index (χ0n) is 15.2. The maximum atomic E-state index is 12.9. The van der Waals surface area contributed by atoms with Crippen LogP contribution >= 0.6 is 0 Å². The van der Waals surface area contributed by atoms with Crippen LogP contribution in [0, 0.1) is 13.8 Å². The molecule has 1 atom stereocenters. The number of carbonyl (C=O) groups is 1. The van der Waals surface area contributed by atoms with Gasteiger partial charge in [-0.25, -0.2) is 4.79 Å². The average Bonchev–Trinajstić information content (AvgIpc) is 3.21. The molecule has 2 heterocycles. The minimum Gasteiger partial charge on any atom is -0.376 e. The highest BCUT2D eigenvalue weighted by molar-refractivity contribution is 5.89. The first-order valence-corrected chi connectivity index (χ1v) is 8.75. The van der Waals surface area contributed by atoms with Gasteiger partial charge in [0, 0.05) is 26.7 Å². The minimum atomic E-state index is -0.116. The molecule has 0 radical (unpaired) electrons. The van der Waals surface area contributed by atoms with Gasteiger partial charge in [0.1, 0.15) is 0 Å². The Morgan fingerprint density at radius 2 is 2.20 bits per heavy atom. The number of urea groups is 1. The zero-order chi connectivity index (χ0) is 17.8. The third kappa shape index (κ3) is 4.20. The lowest BCUT2D eigenvalue weighted by Crippen LogP contribution is -2.39. The van der Waals surface area contributed by atoms with Gasteiger partial charge in [0.25, 0.3) is 0 Å². The molecule has 1 aliphatic heterocycles. The maximum Gasteiger partial charge on any atom is 0.322 e. The fourth-order valence-electron chi connectivity index (χ4n) is 3.06. The van der Waals surface area contributed by atoms with E-state index in [-0.39, 0.29) is 12.1 Å². The summed E-state index contributed by atoms with van der Waals surface area (Å²) in [5, 5.41) is 7.18. The van der Waals surface area contributed by atoms with Crippen molar-refractivity contribution in [2.24, 2.45) is 7.05 Å². The van der Waals surface area contributed by atoms with Crippen molar-refractivity contribution in [2.75, 3.05) is 18.5 Å². The third-order valence-corrected chi connectivity index (χ3v) is 4.83. The number of benzene rings is 1. The molecular weight excluding hydrogens is 316 g/mol. The second kappa shape index (κ2) is 7.70. The number of hydrogen-bond donors (Lipinski definition) is 1. The summed E-state index contributed by atoms with van der Waals surface area (Å²) in [6.07, 6.45) is 3.87. The summed E-state index contributed by atoms with van der Waals surface area (Å²) in [7, 11) is 1.86. The van der Waals surface area contributed by atoms with E-state index in [1.165, 1.54) is 5.56 Å². The molecule has 1 aromatic carbocycles. The summed E-state index contributed by atoms with van der Waals surface area (Å²) in [6, 6.07) is 8.05. The van der Waals surface area contributed by atoms with Crippen LogP contribution < -0.4 is 5.32 Å². The van der Waals surface area contributed by atoms with Gasteiger partial charge >= 0.3 is 6.03 Å². The summed E-state index contributed by atoms with van der Waals surface area (Å²) in [5.74, 6) is 0. The lowest BCUT2D eigenvalue weighted by molar-refractivity contribution is 0.0819. The SMILES string of the molecule is Cc1ccccc1CN(CC1CCCO1)C(=O)Nc1cnn(C)c1C. The monoisotopic (exact) mass is 342 g/mol.